The van der Waals surface area contributed by atoms with Crippen LogP contribution in [0.1, 0.15) is 74.1 Å². The number of ether oxygens (including phenoxy) is 2. The monoisotopic (exact) mass is 515 g/mol. The highest BCUT2D eigenvalue weighted by atomic mass is 19.1. The van der Waals surface area contributed by atoms with E-state index < -0.39 is 5.97 Å². The van der Waals surface area contributed by atoms with Crippen LogP contribution >= 0.6 is 0 Å². The van der Waals surface area contributed by atoms with E-state index in [1.54, 1.807) is 6.07 Å². The number of aliphatic carboxylic acids is 1. The highest BCUT2D eigenvalue weighted by molar-refractivity contribution is 5.78. The molecule has 0 radical (unpaired) electrons. The van der Waals surface area contributed by atoms with Gasteiger partial charge in [0.2, 0.25) is 5.88 Å². The summed E-state index contributed by atoms with van der Waals surface area (Å²) in [5.74, 6) is 0.113. The molecule has 6 rings (SSSR count). The van der Waals surface area contributed by atoms with Crippen molar-refractivity contribution in [1.82, 2.24) is 4.98 Å². The number of methoxy groups -OCH3 is 1. The molecule has 5 nitrogen and oxygen atoms in total. The van der Waals surface area contributed by atoms with Gasteiger partial charge < -0.3 is 14.6 Å². The van der Waals surface area contributed by atoms with Crippen LogP contribution in [0.25, 0.3) is 11.1 Å². The summed E-state index contributed by atoms with van der Waals surface area (Å²) in [4.78, 5) is 15.7. The number of pyridine rings is 1. The van der Waals surface area contributed by atoms with Crippen molar-refractivity contribution in [1.29, 1.82) is 0 Å². The number of aryl methyl sites for hydroxylation is 1. The third-order valence-corrected chi connectivity index (χ3v) is 9.32. The van der Waals surface area contributed by atoms with E-state index in [4.69, 9.17) is 9.47 Å². The van der Waals surface area contributed by atoms with Crippen LogP contribution in [0, 0.1) is 17.2 Å². The summed E-state index contributed by atoms with van der Waals surface area (Å²) in [6.07, 6.45) is 7.12. The maximum absolute atomic E-state index is 15.0. The van der Waals surface area contributed by atoms with Gasteiger partial charge in [-0.05, 0) is 83.4 Å². The molecule has 3 aliphatic rings. The second kappa shape index (κ2) is 9.11. The number of fused-ring (bicyclic) bond motifs is 2. The number of hydrogen-bond acceptors (Lipinski definition) is 4. The van der Waals surface area contributed by atoms with E-state index in [1.165, 1.54) is 18.9 Å². The number of benzene rings is 2. The van der Waals surface area contributed by atoms with Gasteiger partial charge in [0.25, 0.3) is 0 Å². The molecule has 0 bridgehead atoms. The second-order valence-electron chi connectivity index (χ2n) is 11.9. The molecule has 2 fully saturated rings. The first-order valence-corrected chi connectivity index (χ1v) is 13.5. The average molecular weight is 516 g/mol. The van der Waals surface area contributed by atoms with Gasteiger partial charge >= 0.3 is 5.97 Å². The first-order valence-electron chi connectivity index (χ1n) is 13.5. The number of carboxylic acid groups (broad SMARTS) is 1. The normalized spacial score (nSPS) is 24.8. The quantitative estimate of drug-likeness (QED) is 0.365. The lowest BCUT2D eigenvalue weighted by atomic mass is 9.75. The van der Waals surface area contributed by atoms with Crippen LogP contribution in [0.2, 0.25) is 0 Å². The van der Waals surface area contributed by atoms with Gasteiger partial charge in [-0.2, -0.15) is 0 Å². The Balaban J connectivity index is 1.30. The minimum absolute atomic E-state index is 0.112. The molecule has 1 N–H and O–H groups in total. The van der Waals surface area contributed by atoms with Crippen molar-refractivity contribution >= 4 is 5.97 Å². The van der Waals surface area contributed by atoms with Crippen LogP contribution in [-0.4, -0.2) is 23.2 Å². The van der Waals surface area contributed by atoms with Crippen LogP contribution in [0.15, 0.2) is 48.7 Å². The van der Waals surface area contributed by atoms with Gasteiger partial charge in [0, 0.05) is 17.0 Å². The Labute approximate surface area is 223 Å². The van der Waals surface area contributed by atoms with E-state index in [1.807, 2.05) is 18.2 Å². The number of nitrogens with zero attached hydrogens (tertiary/aromatic N) is 1. The summed E-state index contributed by atoms with van der Waals surface area (Å²) in [6, 6.07) is 14.0. The van der Waals surface area contributed by atoms with Gasteiger partial charge in [0.1, 0.15) is 18.2 Å². The Hall–Kier alpha value is -3.41. The van der Waals surface area contributed by atoms with E-state index in [2.05, 4.69) is 37.0 Å². The lowest BCUT2D eigenvalue weighted by Gasteiger charge is -2.30. The molecular formula is C32H34FNO4. The Morgan fingerprint density at radius 1 is 1.13 bits per heavy atom. The van der Waals surface area contributed by atoms with Gasteiger partial charge in [-0.15, -0.1) is 0 Å². The molecule has 0 aliphatic heterocycles. The predicted molar refractivity (Wildman–Crippen MR) is 143 cm³/mol. The number of carboxylic acids is 1. The lowest BCUT2D eigenvalue weighted by Crippen LogP contribution is -2.17. The summed E-state index contributed by atoms with van der Waals surface area (Å²) in [5, 5.41) is 9.56. The molecule has 3 unspecified atom stereocenters. The first-order chi connectivity index (χ1) is 18.2. The van der Waals surface area contributed by atoms with Crippen molar-refractivity contribution in [3.05, 3.63) is 76.7 Å². The molecule has 6 heteroatoms. The number of aromatic nitrogens is 1. The smallest absolute Gasteiger partial charge is 0.307 e. The van der Waals surface area contributed by atoms with E-state index in [0.29, 0.717) is 24.0 Å². The molecule has 1 aromatic heterocycles. The fourth-order valence-electron chi connectivity index (χ4n) is 7.07. The Morgan fingerprint density at radius 3 is 2.68 bits per heavy atom. The summed E-state index contributed by atoms with van der Waals surface area (Å²) >= 11 is 0. The molecular weight excluding hydrogens is 481 g/mol. The van der Waals surface area contributed by atoms with Crippen molar-refractivity contribution in [2.45, 2.75) is 70.3 Å². The fraction of sp³-hybridized carbons (Fsp3) is 0.438. The number of hydrogen-bond donors (Lipinski definition) is 1. The second-order valence-corrected chi connectivity index (χ2v) is 11.9. The van der Waals surface area contributed by atoms with Gasteiger partial charge in [-0.1, -0.05) is 44.5 Å². The minimum atomic E-state index is -0.699. The van der Waals surface area contributed by atoms with Gasteiger partial charge in [0.05, 0.1) is 19.2 Å². The molecule has 3 aliphatic carbocycles. The van der Waals surface area contributed by atoms with E-state index in [-0.39, 0.29) is 22.6 Å². The molecule has 38 heavy (non-hydrogen) atoms. The molecule has 1 spiro atoms. The molecule has 3 atom stereocenters. The van der Waals surface area contributed by atoms with E-state index in [9.17, 15) is 14.3 Å². The molecule has 2 aromatic carbocycles. The SMILES string of the molecule is COc1cc(-c2ccc(COc3ccc4c(c3)C3(CC4)CC3C(=O)O)cc2C2CCCC2(C)C)c(F)cn1. The highest BCUT2D eigenvalue weighted by Gasteiger charge is 2.61. The van der Waals surface area contributed by atoms with Crippen LogP contribution in [0.4, 0.5) is 4.39 Å². The topological polar surface area (TPSA) is 68.7 Å². The third-order valence-electron chi connectivity index (χ3n) is 9.32. The third kappa shape index (κ3) is 4.14. The Morgan fingerprint density at radius 2 is 1.97 bits per heavy atom. The molecule has 0 amide bonds. The van der Waals surface area contributed by atoms with Crippen LogP contribution in [-0.2, 0) is 23.2 Å². The molecule has 1 heterocycles. The zero-order valence-electron chi connectivity index (χ0n) is 22.2. The molecule has 198 valence electrons. The number of rotatable bonds is 7. The summed E-state index contributed by atoms with van der Waals surface area (Å²) < 4.78 is 26.5. The maximum Gasteiger partial charge on any atom is 0.307 e. The van der Waals surface area contributed by atoms with Crippen LogP contribution in [0.5, 0.6) is 11.6 Å². The summed E-state index contributed by atoms with van der Waals surface area (Å²) in [6.45, 7) is 4.98. The van der Waals surface area contributed by atoms with Crippen molar-refractivity contribution in [3.8, 4) is 22.8 Å². The van der Waals surface area contributed by atoms with Crippen LogP contribution < -0.4 is 9.47 Å². The van der Waals surface area contributed by atoms with Crippen molar-refractivity contribution < 1.29 is 23.8 Å². The summed E-state index contributed by atoms with van der Waals surface area (Å²) in [5.41, 5.74) is 5.83. The predicted octanol–water partition coefficient (Wildman–Crippen LogP) is 7.06. The van der Waals surface area contributed by atoms with Gasteiger partial charge in [0.15, 0.2) is 0 Å². The molecule has 0 saturated heterocycles. The first kappa shape index (κ1) is 24.9. The Bertz CT molecular complexity index is 1420. The number of halogens is 1. The van der Waals surface area contributed by atoms with Crippen LogP contribution in [0.3, 0.4) is 0 Å². The standard InChI is InChI=1S/C32H34FNO4/c1-31(2)11-4-5-25(31)23-13-19(6-9-22(23)24-15-29(37-3)34-17-28(24)33)18-38-21-8-7-20-10-12-32(26(20)14-21)16-27(32)30(35)36/h6-9,13-15,17,25,27H,4-5,10-12,16,18H2,1-3H3,(H,35,36). The van der Waals surface area contributed by atoms with Crippen molar-refractivity contribution in [2.24, 2.45) is 11.3 Å². The van der Waals surface area contributed by atoms with E-state index >= 15 is 0 Å². The number of carbonyl (C=O) groups is 1. The summed E-state index contributed by atoms with van der Waals surface area (Å²) in [7, 11) is 1.54. The average Bonchev–Trinajstić information content (AvgIpc) is 3.39. The molecule has 3 aromatic rings. The Kier molecular flexibility index (Phi) is 5.97. The zero-order valence-corrected chi connectivity index (χ0v) is 22.2. The van der Waals surface area contributed by atoms with Gasteiger partial charge in [-0.25, -0.2) is 9.37 Å². The van der Waals surface area contributed by atoms with E-state index in [0.717, 1.165) is 66.5 Å². The maximum atomic E-state index is 15.0. The fourth-order valence-corrected chi connectivity index (χ4v) is 7.07. The lowest BCUT2D eigenvalue weighted by molar-refractivity contribution is -0.139. The molecule has 2 saturated carbocycles. The minimum Gasteiger partial charge on any atom is -0.489 e. The highest BCUT2D eigenvalue weighted by Crippen LogP contribution is 2.62. The zero-order chi connectivity index (χ0) is 26.7. The van der Waals surface area contributed by atoms with Crippen molar-refractivity contribution in [2.75, 3.05) is 7.11 Å². The largest absolute Gasteiger partial charge is 0.489 e. The van der Waals surface area contributed by atoms with Crippen molar-refractivity contribution in [3.63, 3.8) is 0 Å². The van der Waals surface area contributed by atoms with Gasteiger partial charge in [-0.3, -0.25) is 4.79 Å².